The molecule has 1 radical (unpaired) electrons. The fourth-order valence-corrected chi connectivity index (χ4v) is 9.43. The van der Waals surface area contributed by atoms with Crippen molar-refractivity contribution in [3.8, 4) is 33.6 Å². The molecule has 0 saturated carbocycles. The minimum atomic E-state index is -0.752. The molecule has 0 amide bonds. The molecule has 0 bridgehead atoms. The maximum Gasteiger partial charge on any atom is 0.130 e. The number of hydrogen-bond acceptors (Lipinski definition) is 2. The zero-order chi connectivity index (χ0) is 34.9. The molecule has 0 saturated heterocycles. The molecule has 4 heteroatoms. The Morgan fingerprint density at radius 3 is 1.94 bits per heavy atom. The maximum atomic E-state index is 6.83. The SMILES string of the molecule is Cc1ccc(C2=Cc3c(ccc(C)c3-c3ccccc3)C2c2c(-c3ccc(C(C)(C)C)o3)[cH-]c3cc([Si](C)C)c(C)c(-c4ccccc4)c23)o1.[Zr]. The van der Waals surface area contributed by atoms with E-state index in [1.165, 1.54) is 71.6 Å². The van der Waals surface area contributed by atoms with Crippen molar-refractivity contribution in [3.05, 3.63) is 154 Å². The van der Waals surface area contributed by atoms with Gasteiger partial charge in [-0.05, 0) is 95.6 Å². The van der Waals surface area contributed by atoms with Crippen LogP contribution in [0.2, 0.25) is 13.1 Å². The van der Waals surface area contributed by atoms with Gasteiger partial charge in [-0.1, -0.05) is 123 Å². The second kappa shape index (κ2) is 13.5. The molecule has 5 aromatic carbocycles. The molecule has 2 heterocycles. The summed E-state index contributed by atoms with van der Waals surface area (Å²) in [5.41, 5.74) is 13.8. The van der Waals surface area contributed by atoms with Crippen molar-refractivity contribution in [2.24, 2.45) is 0 Å². The Labute approximate surface area is 323 Å². The third-order valence-electron chi connectivity index (χ3n) is 10.5. The summed E-state index contributed by atoms with van der Waals surface area (Å²) in [5.74, 6) is 3.65. The normalized spacial score (nSPS) is 14.2. The van der Waals surface area contributed by atoms with E-state index >= 15 is 0 Å². The van der Waals surface area contributed by atoms with E-state index < -0.39 is 8.80 Å². The van der Waals surface area contributed by atoms with Crippen LogP contribution in [0.1, 0.15) is 71.8 Å². The summed E-state index contributed by atoms with van der Waals surface area (Å²) in [6.07, 6.45) is 2.40. The number of rotatable bonds is 6. The molecule has 0 N–H and O–H groups in total. The summed E-state index contributed by atoms with van der Waals surface area (Å²) >= 11 is 0. The van der Waals surface area contributed by atoms with Crippen LogP contribution in [0, 0.1) is 20.8 Å². The van der Waals surface area contributed by atoms with Crippen molar-refractivity contribution in [1.82, 2.24) is 0 Å². The first-order valence-electron chi connectivity index (χ1n) is 17.7. The average molecular weight is 760 g/mol. The predicted molar refractivity (Wildman–Crippen MR) is 213 cm³/mol. The molecule has 7 aromatic rings. The molecular formula is C47H44O2SiZr-. The van der Waals surface area contributed by atoms with Gasteiger partial charge in [0.25, 0.3) is 0 Å². The van der Waals surface area contributed by atoms with Crippen molar-refractivity contribution < 1.29 is 35.0 Å². The quantitative estimate of drug-likeness (QED) is 0.125. The first kappa shape index (κ1) is 35.3. The minimum absolute atomic E-state index is 0. The number of benzene rings is 4. The van der Waals surface area contributed by atoms with Crippen LogP contribution in [-0.2, 0) is 31.6 Å². The number of allylic oxidation sites excluding steroid dienone is 1. The van der Waals surface area contributed by atoms with Gasteiger partial charge in [-0.2, -0.15) is 0 Å². The van der Waals surface area contributed by atoms with Crippen LogP contribution in [0.15, 0.2) is 118 Å². The van der Waals surface area contributed by atoms with Gasteiger partial charge in [0.2, 0.25) is 0 Å². The number of aryl methyl sites for hydroxylation is 2. The Kier molecular flexibility index (Phi) is 9.32. The van der Waals surface area contributed by atoms with Gasteiger partial charge in [-0.3, -0.25) is 0 Å². The molecule has 0 fully saturated rings. The molecule has 1 aliphatic rings. The summed E-state index contributed by atoms with van der Waals surface area (Å²) in [6, 6.07) is 40.0. The molecule has 0 aliphatic heterocycles. The largest absolute Gasteiger partial charge is 0.496 e. The summed E-state index contributed by atoms with van der Waals surface area (Å²) in [5, 5.41) is 4.05. The van der Waals surface area contributed by atoms with Gasteiger partial charge in [0.1, 0.15) is 11.5 Å². The third kappa shape index (κ3) is 6.05. The number of hydrogen-bond donors (Lipinski definition) is 0. The summed E-state index contributed by atoms with van der Waals surface area (Å²) in [7, 11) is -0.752. The van der Waals surface area contributed by atoms with Crippen LogP contribution in [-0.4, -0.2) is 8.80 Å². The van der Waals surface area contributed by atoms with Crippen molar-refractivity contribution in [2.45, 2.75) is 66.0 Å². The Bertz CT molecular complexity index is 2410. The summed E-state index contributed by atoms with van der Waals surface area (Å²) in [6.45, 7) is 18.1. The number of fused-ring (bicyclic) bond motifs is 2. The molecule has 1 atom stereocenters. The van der Waals surface area contributed by atoms with E-state index in [0.717, 1.165) is 28.6 Å². The molecule has 8 rings (SSSR count). The Balaban J connectivity index is 0.00000406. The fourth-order valence-electron chi connectivity index (χ4n) is 8.11. The smallest absolute Gasteiger partial charge is 0.130 e. The van der Waals surface area contributed by atoms with Crippen molar-refractivity contribution in [3.63, 3.8) is 0 Å². The van der Waals surface area contributed by atoms with E-state index in [9.17, 15) is 0 Å². The van der Waals surface area contributed by atoms with Gasteiger partial charge in [0, 0.05) is 37.5 Å². The fraction of sp³-hybridized carbons (Fsp3) is 0.213. The van der Waals surface area contributed by atoms with E-state index in [-0.39, 0.29) is 37.5 Å². The Morgan fingerprint density at radius 1 is 0.706 bits per heavy atom. The van der Waals surface area contributed by atoms with E-state index in [2.05, 4.69) is 163 Å². The van der Waals surface area contributed by atoms with Crippen molar-refractivity contribution in [1.29, 1.82) is 0 Å². The van der Waals surface area contributed by atoms with E-state index in [1.807, 2.05) is 6.92 Å². The first-order chi connectivity index (χ1) is 24.0. The van der Waals surface area contributed by atoms with Crippen LogP contribution in [0.4, 0.5) is 0 Å². The number of furan rings is 2. The van der Waals surface area contributed by atoms with Crippen LogP contribution in [0.5, 0.6) is 0 Å². The van der Waals surface area contributed by atoms with Gasteiger partial charge < -0.3 is 8.83 Å². The average Bonchev–Trinajstić information content (AvgIpc) is 3.89. The molecular weight excluding hydrogens is 716 g/mol. The molecule has 2 aromatic heterocycles. The Morgan fingerprint density at radius 2 is 1.35 bits per heavy atom. The molecule has 1 unspecified atom stereocenters. The molecule has 253 valence electrons. The monoisotopic (exact) mass is 758 g/mol. The van der Waals surface area contributed by atoms with Crippen LogP contribution < -0.4 is 5.19 Å². The van der Waals surface area contributed by atoms with Crippen molar-refractivity contribution in [2.75, 3.05) is 0 Å². The molecule has 0 spiro atoms. The molecule has 2 nitrogen and oxygen atoms in total. The molecule has 51 heavy (non-hydrogen) atoms. The Hall–Kier alpha value is -4.11. The van der Waals surface area contributed by atoms with Crippen molar-refractivity contribution >= 4 is 36.4 Å². The summed E-state index contributed by atoms with van der Waals surface area (Å²) in [4.78, 5) is 0. The zero-order valence-electron chi connectivity index (χ0n) is 30.9. The maximum absolute atomic E-state index is 6.83. The topological polar surface area (TPSA) is 26.3 Å². The van der Waals surface area contributed by atoms with E-state index in [4.69, 9.17) is 8.83 Å². The second-order valence-corrected chi connectivity index (χ2v) is 17.7. The van der Waals surface area contributed by atoms with Gasteiger partial charge in [0.05, 0.1) is 20.3 Å². The zero-order valence-corrected chi connectivity index (χ0v) is 34.3. The second-order valence-electron chi connectivity index (χ2n) is 15.2. The predicted octanol–water partition coefficient (Wildman–Crippen LogP) is 12.6. The summed E-state index contributed by atoms with van der Waals surface area (Å²) < 4.78 is 13.3. The van der Waals surface area contributed by atoms with E-state index in [0.29, 0.717) is 0 Å². The van der Waals surface area contributed by atoms with Gasteiger partial charge in [-0.15, -0.1) is 28.5 Å². The first-order valence-corrected chi connectivity index (χ1v) is 20.2. The third-order valence-corrected chi connectivity index (χ3v) is 12.1. The van der Waals surface area contributed by atoms with Gasteiger partial charge >= 0.3 is 0 Å². The van der Waals surface area contributed by atoms with Crippen LogP contribution >= 0.6 is 0 Å². The van der Waals surface area contributed by atoms with Gasteiger partial charge in [0.15, 0.2) is 0 Å². The van der Waals surface area contributed by atoms with Gasteiger partial charge in [-0.25, -0.2) is 0 Å². The minimum Gasteiger partial charge on any atom is -0.496 e. The van der Waals surface area contributed by atoms with E-state index in [1.54, 1.807) is 0 Å². The molecule has 1 aliphatic carbocycles. The van der Waals surface area contributed by atoms with Crippen LogP contribution in [0.3, 0.4) is 0 Å². The standard InChI is InChI=1S/C47H44O2Si.Zr/c1-28-19-21-34-35(42(28)31-15-11-9-12-16-31)27-37(38-22-20-29(2)48-38)45(34)46-36(39-23-24-41(49-39)47(4,5)6)25-33-26-40(50(7)8)30(3)43(44(33)46)32-17-13-10-14-18-32;/h9-27,45H,1-8H3;/q-1;. The van der Waals surface area contributed by atoms with Crippen LogP contribution in [0.25, 0.3) is 56.0 Å².